The van der Waals surface area contributed by atoms with Crippen molar-refractivity contribution in [3.05, 3.63) is 36.2 Å². The number of nitriles is 1. The predicted octanol–water partition coefficient (Wildman–Crippen LogP) is 2.89. The first-order chi connectivity index (χ1) is 5.20. The summed E-state index contributed by atoms with van der Waals surface area (Å²) < 4.78 is 12.1. The van der Waals surface area contributed by atoms with Crippen LogP contribution < -0.4 is 0 Å². The topological polar surface area (TPSA) is 23.8 Å². The van der Waals surface area contributed by atoms with E-state index >= 15 is 0 Å². The minimum Gasteiger partial charge on any atom is -0.208 e. The van der Waals surface area contributed by atoms with Gasteiger partial charge in [-0.05, 0) is 18.6 Å². The quantitative estimate of drug-likeness (QED) is 0.449. The molecule has 0 unspecified atom stereocenters. The summed E-state index contributed by atoms with van der Waals surface area (Å²) in [5.41, 5.74) is 0.291. The zero-order valence-electron chi connectivity index (χ0n) is 6.47. The molecule has 0 amide bonds. The molecule has 1 nitrogen and oxygen atoms in total. The molecule has 11 heavy (non-hydrogen) atoms. The molecule has 0 rings (SSSR count). The van der Waals surface area contributed by atoms with Gasteiger partial charge in [-0.25, -0.2) is 4.39 Å². The minimum absolute atomic E-state index is 0.291. The van der Waals surface area contributed by atoms with Crippen molar-refractivity contribution in [1.29, 1.82) is 5.26 Å². The van der Waals surface area contributed by atoms with Crippen LogP contribution in [0.4, 0.5) is 4.39 Å². The largest absolute Gasteiger partial charge is 0.208 e. The molecule has 0 spiro atoms. The van der Waals surface area contributed by atoms with Crippen molar-refractivity contribution < 1.29 is 4.39 Å². The summed E-state index contributed by atoms with van der Waals surface area (Å²) in [4.78, 5) is 0. The highest BCUT2D eigenvalue weighted by Gasteiger charge is 1.88. The second-order valence-corrected chi connectivity index (χ2v) is 1.97. The van der Waals surface area contributed by atoms with Gasteiger partial charge in [0.05, 0.1) is 11.6 Å². The Balaban J connectivity index is 4.32. The Labute approximate surface area is 66.1 Å². The molecule has 2 heteroatoms. The van der Waals surface area contributed by atoms with Crippen LogP contribution in [0.5, 0.6) is 0 Å². The van der Waals surface area contributed by atoms with Crippen molar-refractivity contribution >= 4 is 0 Å². The lowest BCUT2D eigenvalue weighted by Gasteiger charge is -1.85. The van der Waals surface area contributed by atoms with Gasteiger partial charge in [0.25, 0.3) is 0 Å². The summed E-state index contributed by atoms with van der Waals surface area (Å²) >= 11 is 0. The Hall–Kier alpha value is -1.36. The fourth-order valence-electron chi connectivity index (χ4n) is 0.531. The Morgan fingerprint density at radius 1 is 1.73 bits per heavy atom. The third kappa shape index (κ3) is 5.10. The smallest absolute Gasteiger partial charge is 0.117 e. The van der Waals surface area contributed by atoms with Gasteiger partial charge in [0.1, 0.15) is 5.83 Å². The monoisotopic (exact) mass is 151 g/mol. The van der Waals surface area contributed by atoms with Crippen molar-refractivity contribution in [2.45, 2.75) is 13.3 Å². The van der Waals surface area contributed by atoms with E-state index in [1.165, 1.54) is 0 Å². The highest BCUT2D eigenvalue weighted by Crippen LogP contribution is 2.02. The summed E-state index contributed by atoms with van der Waals surface area (Å²) in [5, 5.41) is 8.42. The maximum absolute atomic E-state index is 12.1. The normalized spacial score (nSPS) is 11.5. The summed E-state index contributed by atoms with van der Waals surface area (Å²) in [5.74, 6) is -0.595. The molecule has 0 aliphatic carbocycles. The fraction of sp³-hybridized carbons (Fsp3) is 0.222. The van der Waals surface area contributed by atoms with Gasteiger partial charge >= 0.3 is 0 Å². The number of allylic oxidation sites excluding steroid dienone is 5. The summed E-state index contributed by atoms with van der Waals surface area (Å²) in [6.07, 6.45) is 5.30. The lowest BCUT2D eigenvalue weighted by molar-refractivity contribution is 0.671. The molecule has 0 heterocycles. The molecule has 0 radical (unpaired) electrons. The first-order valence-corrected chi connectivity index (χ1v) is 3.33. The van der Waals surface area contributed by atoms with Crippen LogP contribution in [-0.2, 0) is 0 Å². The van der Waals surface area contributed by atoms with Crippen molar-refractivity contribution in [1.82, 2.24) is 0 Å². The average Bonchev–Trinajstić information content (AvgIpc) is 1.97. The third-order valence-corrected chi connectivity index (χ3v) is 0.974. The van der Waals surface area contributed by atoms with E-state index in [2.05, 4.69) is 6.58 Å². The van der Waals surface area contributed by atoms with Gasteiger partial charge in [-0.15, -0.1) is 0 Å². The SMILES string of the molecule is C=C(F)/C=C(C#N)\C=C/CC. The van der Waals surface area contributed by atoms with E-state index in [-0.39, 0.29) is 0 Å². The molecule has 0 aliphatic heterocycles. The molecule has 0 N–H and O–H groups in total. The number of hydrogen-bond acceptors (Lipinski definition) is 1. The van der Waals surface area contributed by atoms with Gasteiger partial charge in [0.2, 0.25) is 0 Å². The fourth-order valence-corrected chi connectivity index (χ4v) is 0.531. The molecule has 0 aromatic carbocycles. The third-order valence-electron chi connectivity index (χ3n) is 0.974. The molecular formula is C9H10FN. The van der Waals surface area contributed by atoms with Gasteiger partial charge in [0.15, 0.2) is 0 Å². The van der Waals surface area contributed by atoms with E-state index in [0.29, 0.717) is 5.57 Å². The number of hydrogen-bond donors (Lipinski definition) is 0. The van der Waals surface area contributed by atoms with E-state index in [1.54, 1.807) is 12.2 Å². The summed E-state index contributed by atoms with van der Waals surface area (Å²) in [6, 6.07) is 1.84. The lowest BCUT2D eigenvalue weighted by Crippen LogP contribution is -1.71. The number of halogens is 1. The molecule has 58 valence electrons. The van der Waals surface area contributed by atoms with E-state index in [0.717, 1.165) is 12.5 Å². The molecule has 0 fully saturated rings. The Morgan fingerprint density at radius 2 is 2.36 bits per heavy atom. The highest BCUT2D eigenvalue weighted by molar-refractivity contribution is 5.36. The lowest BCUT2D eigenvalue weighted by atomic mass is 10.2. The maximum Gasteiger partial charge on any atom is 0.117 e. The maximum atomic E-state index is 12.1. The molecule has 0 aliphatic rings. The van der Waals surface area contributed by atoms with E-state index in [9.17, 15) is 4.39 Å². The Bertz CT molecular complexity index is 230. The first-order valence-electron chi connectivity index (χ1n) is 3.33. The van der Waals surface area contributed by atoms with Gasteiger partial charge < -0.3 is 0 Å². The number of nitrogens with zero attached hydrogens (tertiary/aromatic N) is 1. The van der Waals surface area contributed by atoms with E-state index in [4.69, 9.17) is 5.26 Å². The van der Waals surface area contributed by atoms with Crippen LogP contribution in [0.3, 0.4) is 0 Å². The second-order valence-electron chi connectivity index (χ2n) is 1.97. The molecule has 0 saturated carbocycles. The molecule has 0 saturated heterocycles. The van der Waals surface area contributed by atoms with Crippen LogP contribution in [0.15, 0.2) is 36.2 Å². The molecule has 0 atom stereocenters. The van der Waals surface area contributed by atoms with Crippen LogP contribution in [0.25, 0.3) is 0 Å². The average molecular weight is 151 g/mol. The zero-order chi connectivity index (χ0) is 8.69. The highest BCUT2D eigenvalue weighted by atomic mass is 19.1. The molecule has 0 aromatic rings. The van der Waals surface area contributed by atoms with Gasteiger partial charge in [-0.1, -0.05) is 19.6 Å². The van der Waals surface area contributed by atoms with Crippen LogP contribution in [0.2, 0.25) is 0 Å². The standard InChI is InChI=1S/C9H10FN/c1-3-4-5-9(7-11)6-8(2)10/h4-6H,2-3H2,1H3/b5-4-,9-6+. The van der Waals surface area contributed by atoms with E-state index in [1.807, 2.05) is 13.0 Å². The molecule has 0 aromatic heterocycles. The Morgan fingerprint density at radius 3 is 2.73 bits per heavy atom. The van der Waals surface area contributed by atoms with E-state index < -0.39 is 5.83 Å². The van der Waals surface area contributed by atoms with Crippen molar-refractivity contribution in [3.8, 4) is 6.07 Å². The van der Waals surface area contributed by atoms with Crippen LogP contribution >= 0.6 is 0 Å². The zero-order valence-corrected chi connectivity index (χ0v) is 6.47. The summed E-state index contributed by atoms with van der Waals surface area (Å²) in [6.45, 7) is 4.96. The second kappa shape index (κ2) is 5.43. The van der Waals surface area contributed by atoms with Crippen molar-refractivity contribution in [2.24, 2.45) is 0 Å². The Kier molecular flexibility index (Phi) is 4.76. The van der Waals surface area contributed by atoms with Crippen LogP contribution in [-0.4, -0.2) is 0 Å². The predicted molar refractivity (Wildman–Crippen MR) is 43.4 cm³/mol. The van der Waals surface area contributed by atoms with Crippen LogP contribution in [0, 0.1) is 11.3 Å². The van der Waals surface area contributed by atoms with Gasteiger partial charge in [-0.2, -0.15) is 5.26 Å². The summed E-state index contributed by atoms with van der Waals surface area (Å²) in [7, 11) is 0. The van der Waals surface area contributed by atoms with Crippen molar-refractivity contribution in [3.63, 3.8) is 0 Å². The van der Waals surface area contributed by atoms with Gasteiger partial charge in [0, 0.05) is 0 Å². The van der Waals surface area contributed by atoms with Gasteiger partial charge in [-0.3, -0.25) is 0 Å². The minimum atomic E-state index is -0.595. The van der Waals surface area contributed by atoms with Crippen molar-refractivity contribution in [2.75, 3.05) is 0 Å². The number of rotatable bonds is 3. The molecular weight excluding hydrogens is 141 g/mol. The molecule has 0 bridgehead atoms. The first kappa shape index (κ1) is 9.64. The van der Waals surface area contributed by atoms with Crippen LogP contribution in [0.1, 0.15) is 13.3 Å².